The Labute approximate surface area is 164 Å². The highest BCUT2D eigenvalue weighted by atomic mass is 19.4. The number of amides is 1. The summed E-state index contributed by atoms with van der Waals surface area (Å²) >= 11 is 0. The molecule has 1 amide bonds. The standard InChI is InChI=1S/C21H29F3N2O2/c22-21(23,24)17-6-4-5-16(13-17)20(7-2-1-3-8-20)15-26-18(27)19(14-25)9-11-28-12-10-19/h4-6,13H,1-3,7-12,14-15,25H2,(H,26,27). The monoisotopic (exact) mass is 398 g/mol. The molecule has 1 aliphatic carbocycles. The van der Waals surface area contributed by atoms with Gasteiger partial charge in [0.1, 0.15) is 0 Å². The van der Waals surface area contributed by atoms with E-state index in [1.807, 2.05) is 0 Å². The predicted octanol–water partition coefficient (Wildman–Crippen LogP) is 3.78. The van der Waals surface area contributed by atoms with Gasteiger partial charge in [0, 0.05) is 31.7 Å². The zero-order valence-corrected chi connectivity index (χ0v) is 16.1. The van der Waals surface area contributed by atoms with E-state index in [9.17, 15) is 18.0 Å². The molecule has 156 valence electrons. The van der Waals surface area contributed by atoms with Crippen LogP contribution in [0.5, 0.6) is 0 Å². The summed E-state index contributed by atoms with van der Waals surface area (Å²) in [4.78, 5) is 13.0. The van der Waals surface area contributed by atoms with E-state index in [2.05, 4.69) is 5.32 Å². The Morgan fingerprint density at radius 1 is 1.11 bits per heavy atom. The van der Waals surface area contributed by atoms with Gasteiger partial charge in [0.05, 0.1) is 11.0 Å². The van der Waals surface area contributed by atoms with Crippen LogP contribution in [0.4, 0.5) is 13.2 Å². The molecular weight excluding hydrogens is 369 g/mol. The first-order valence-electron chi connectivity index (χ1n) is 10.1. The highest BCUT2D eigenvalue weighted by Gasteiger charge is 2.41. The molecule has 0 aromatic heterocycles. The van der Waals surface area contributed by atoms with Gasteiger partial charge in [0.2, 0.25) is 5.91 Å². The molecule has 1 saturated carbocycles. The number of nitrogens with one attached hydrogen (secondary N) is 1. The Morgan fingerprint density at radius 2 is 1.79 bits per heavy atom. The van der Waals surface area contributed by atoms with Gasteiger partial charge in [-0.05, 0) is 37.3 Å². The maximum Gasteiger partial charge on any atom is 0.416 e. The maximum absolute atomic E-state index is 13.2. The second-order valence-electron chi connectivity index (χ2n) is 8.20. The van der Waals surface area contributed by atoms with Crippen LogP contribution in [0.2, 0.25) is 0 Å². The van der Waals surface area contributed by atoms with Crippen LogP contribution < -0.4 is 11.1 Å². The lowest BCUT2D eigenvalue weighted by Gasteiger charge is -2.40. The van der Waals surface area contributed by atoms with Gasteiger partial charge in [0.25, 0.3) is 0 Å². The van der Waals surface area contributed by atoms with Gasteiger partial charge in [-0.1, -0.05) is 37.5 Å². The highest BCUT2D eigenvalue weighted by Crippen LogP contribution is 2.41. The van der Waals surface area contributed by atoms with E-state index in [1.54, 1.807) is 6.07 Å². The van der Waals surface area contributed by atoms with Gasteiger partial charge in [-0.25, -0.2) is 0 Å². The Morgan fingerprint density at radius 3 is 2.39 bits per heavy atom. The summed E-state index contributed by atoms with van der Waals surface area (Å²) in [6.45, 7) is 1.60. The first-order chi connectivity index (χ1) is 13.3. The summed E-state index contributed by atoms with van der Waals surface area (Å²) in [6, 6.07) is 5.59. The molecule has 0 radical (unpaired) electrons. The summed E-state index contributed by atoms with van der Waals surface area (Å²) in [5.41, 5.74) is 4.85. The largest absolute Gasteiger partial charge is 0.416 e. The van der Waals surface area contributed by atoms with Crippen molar-refractivity contribution in [1.29, 1.82) is 0 Å². The van der Waals surface area contributed by atoms with Crippen LogP contribution in [-0.4, -0.2) is 32.2 Å². The van der Waals surface area contributed by atoms with Gasteiger partial charge in [-0.15, -0.1) is 0 Å². The number of rotatable bonds is 5. The third-order valence-corrected chi connectivity index (χ3v) is 6.52. The normalized spacial score (nSPS) is 21.9. The third kappa shape index (κ3) is 4.35. The van der Waals surface area contributed by atoms with Crippen molar-refractivity contribution in [3.8, 4) is 0 Å². The molecular formula is C21H29F3N2O2. The maximum atomic E-state index is 13.2. The van der Waals surface area contributed by atoms with Crippen LogP contribution in [0.25, 0.3) is 0 Å². The SMILES string of the molecule is NCC1(C(=O)NCC2(c3cccc(C(F)(F)F)c3)CCCCC2)CCOCC1. The number of carbonyl (C=O) groups is 1. The van der Waals surface area contributed by atoms with Crippen LogP contribution >= 0.6 is 0 Å². The van der Waals surface area contributed by atoms with E-state index in [4.69, 9.17) is 10.5 Å². The molecule has 0 spiro atoms. The Hall–Kier alpha value is -1.60. The first kappa shape index (κ1) is 21.1. The predicted molar refractivity (Wildman–Crippen MR) is 101 cm³/mol. The van der Waals surface area contributed by atoms with Gasteiger partial charge in [-0.3, -0.25) is 4.79 Å². The number of alkyl halides is 3. The van der Waals surface area contributed by atoms with Gasteiger partial charge < -0.3 is 15.8 Å². The number of ether oxygens (including phenoxy) is 1. The van der Waals surface area contributed by atoms with Crippen molar-refractivity contribution in [1.82, 2.24) is 5.32 Å². The van der Waals surface area contributed by atoms with E-state index in [0.29, 0.717) is 38.2 Å². The molecule has 0 atom stereocenters. The summed E-state index contributed by atoms with van der Waals surface area (Å²) in [5, 5.41) is 3.06. The smallest absolute Gasteiger partial charge is 0.381 e. The molecule has 1 aromatic carbocycles. The van der Waals surface area contributed by atoms with Crippen molar-refractivity contribution in [3.05, 3.63) is 35.4 Å². The average Bonchev–Trinajstić information content (AvgIpc) is 2.72. The van der Waals surface area contributed by atoms with Gasteiger partial charge in [0.15, 0.2) is 0 Å². The third-order valence-electron chi connectivity index (χ3n) is 6.52. The Bertz CT molecular complexity index is 678. The lowest BCUT2D eigenvalue weighted by molar-refractivity contribution is -0.138. The zero-order chi connectivity index (χ0) is 20.3. The van der Waals surface area contributed by atoms with Gasteiger partial charge >= 0.3 is 6.18 Å². The fourth-order valence-electron chi connectivity index (χ4n) is 4.54. The highest BCUT2D eigenvalue weighted by molar-refractivity contribution is 5.83. The van der Waals surface area contributed by atoms with E-state index in [0.717, 1.165) is 38.2 Å². The molecule has 0 bridgehead atoms. The first-order valence-corrected chi connectivity index (χ1v) is 10.1. The molecule has 1 aromatic rings. The van der Waals surface area contributed by atoms with E-state index >= 15 is 0 Å². The summed E-state index contributed by atoms with van der Waals surface area (Å²) in [5.74, 6) is -0.102. The molecule has 1 saturated heterocycles. The quantitative estimate of drug-likeness (QED) is 0.793. The lowest BCUT2D eigenvalue weighted by Crippen LogP contribution is -2.52. The molecule has 2 aliphatic rings. The van der Waals surface area contributed by atoms with Crippen LogP contribution in [0.1, 0.15) is 56.1 Å². The Balaban J connectivity index is 1.82. The molecule has 2 fully saturated rings. The van der Waals surface area contributed by atoms with Crippen molar-refractivity contribution >= 4 is 5.91 Å². The second kappa shape index (κ2) is 8.41. The van der Waals surface area contributed by atoms with Crippen molar-refractivity contribution in [2.75, 3.05) is 26.3 Å². The molecule has 28 heavy (non-hydrogen) atoms. The molecule has 1 heterocycles. The number of halogens is 3. The van der Waals surface area contributed by atoms with Crippen molar-refractivity contribution in [2.24, 2.45) is 11.1 Å². The van der Waals surface area contributed by atoms with E-state index < -0.39 is 22.6 Å². The van der Waals surface area contributed by atoms with E-state index in [-0.39, 0.29) is 12.5 Å². The summed E-state index contributed by atoms with van der Waals surface area (Å²) < 4.78 is 45.0. The molecule has 3 rings (SSSR count). The minimum atomic E-state index is -4.37. The number of hydrogen-bond donors (Lipinski definition) is 2. The summed E-state index contributed by atoms with van der Waals surface area (Å²) in [7, 11) is 0. The topological polar surface area (TPSA) is 64.4 Å². The fraction of sp³-hybridized carbons (Fsp3) is 0.667. The van der Waals surface area contributed by atoms with Crippen molar-refractivity contribution in [3.63, 3.8) is 0 Å². The van der Waals surface area contributed by atoms with Crippen LogP contribution in [0.15, 0.2) is 24.3 Å². The van der Waals surface area contributed by atoms with Crippen molar-refractivity contribution in [2.45, 2.75) is 56.5 Å². The van der Waals surface area contributed by atoms with Crippen LogP contribution in [-0.2, 0) is 21.1 Å². The van der Waals surface area contributed by atoms with Gasteiger partial charge in [-0.2, -0.15) is 13.2 Å². The molecule has 1 aliphatic heterocycles. The number of nitrogens with two attached hydrogens (primary N) is 1. The molecule has 0 unspecified atom stereocenters. The fourth-order valence-corrected chi connectivity index (χ4v) is 4.54. The number of benzene rings is 1. The lowest BCUT2D eigenvalue weighted by atomic mass is 9.68. The summed E-state index contributed by atoms with van der Waals surface area (Å²) in [6.07, 6.45) is 1.28. The average molecular weight is 398 g/mol. The second-order valence-corrected chi connectivity index (χ2v) is 8.20. The van der Waals surface area contributed by atoms with Crippen LogP contribution in [0, 0.1) is 5.41 Å². The number of hydrogen-bond acceptors (Lipinski definition) is 3. The minimum Gasteiger partial charge on any atom is -0.381 e. The zero-order valence-electron chi connectivity index (χ0n) is 16.1. The molecule has 3 N–H and O–H groups in total. The molecule has 7 heteroatoms. The van der Waals surface area contributed by atoms with Crippen LogP contribution in [0.3, 0.4) is 0 Å². The van der Waals surface area contributed by atoms with E-state index in [1.165, 1.54) is 12.1 Å². The van der Waals surface area contributed by atoms with Crippen molar-refractivity contribution < 1.29 is 22.7 Å². The molecule has 4 nitrogen and oxygen atoms in total. The minimum absolute atomic E-state index is 0.102. The number of carbonyl (C=O) groups excluding carboxylic acids is 1. The Kier molecular flexibility index (Phi) is 6.34.